The molecule has 0 aromatic carbocycles. The molecular weight excluding hydrogens is 230 g/mol. The van der Waals surface area contributed by atoms with Crippen LogP contribution in [0.2, 0.25) is 0 Å². The highest BCUT2D eigenvalue weighted by Gasteiger charge is 2.51. The van der Waals surface area contributed by atoms with Crippen LogP contribution >= 0.6 is 0 Å². The largest absolute Gasteiger partial charge is 0.298 e. The SMILES string of the molecule is c1ncc(C2=NC3(CN4CCC3CC4)ON2)cn1. The Morgan fingerprint density at radius 3 is 2.72 bits per heavy atom. The molecule has 6 nitrogen and oxygen atoms in total. The Kier molecular flexibility index (Phi) is 2.15. The molecule has 0 amide bonds. The van der Waals surface area contributed by atoms with Crippen molar-refractivity contribution in [1.29, 1.82) is 0 Å². The summed E-state index contributed by atoms with van der Waals surface area (Å²) in [4.78, 5) is 21.1. The molecule has 1 N–H and O–H groups in total. The van der Waals surface area contributed by atoms with Gasteiger partial charge in [0.15, 0.2) is 5.84 Å². The Labute approximate surface area is 105 Å². The van der Waals surface area contributed by atoms with Crippen LogP contribution in [0.4, 0.5) is 0 Å². The van der Waals surface area contributed by atoms with Crippen molar-refractivity contribution in [1.82, 2.24) is 20.3 Å². The van der Waals surface area contributed by atoms with E-state index < -0.39 is 0 Å². The molecule has 3 saturated heterocycles. The van der Waals surface area contributed by atoms with E-state index in [1.54, 1.807) is 12.4 Å². The van der Waals surface area contributed by atoms with Crippen LogP contribution in [0, 0.1) is 5.92 Å². The van der Waals surface area contributed by atoms with Crippen molar-refractivity contribution >= 4 is 5.84 Å². The maximum absolute atomic E-state index is 5.83. The average Bonchev–Trinajstić information content (AvgIpc) is 2.85. The first-order valence-corrected chi connectivity index (χ1v) is 6.37. The van der Waals surface area contributed by atoms with Gasteiger partial charge >= 0.3 is 0 Å². The van der Waals surface area contributed by atoms with Crippen LogP contribution in [0.3, 0.4) is 0 Å². The molecule has 1 spiro atoms. The summed E-state index contributed by atoms with van der Waals surface area (Å²) in [6.45, 7) is 3.24. The molecule has 2 bridgehead atoms. The van der Waals surface area contributed by atoms with Gasteiger partial charge in [0.2, 0.25) is 5.72 Å². The molecule has 5 heterocycles. The van der Waals surface area contributed by atoms with E-state index in [-0.39, 0.29) is 5.72 Å². The summed E-state index contributed by atoms with van der Waals surface area (Å²) < 4.78 is 0. The number of nitrogens with one attached hydrogen (secondary N) is 1. The van der Waals surface area contributed by atoms with E-state index in [0.717, 1.165) is 17.9 Å². The summed E-state index contributed by atoms with van der Waals surface area (Å²) in [5, 5.41) is 0. The fourth-order valence-corrected chi connectivity index (χ4v) is 3.15. The third-order valence-electron chi connectivity index (χ3n) is 4.14. The first kappa shape index (κ1) is 10.4. The van der Waals surface area contributed by atoms with Crippen molar-refractivity contribution in [2.45, 2.75) is 18.6 Å². The normalized spacial score (nSPS) is 37.7. The zero-order valence-corrected chi connectivity index (χ0v) is 10.0. The van der Waals surface area contributed by atoms with Gasteiger partial charge in [0.1, 0.15) is 6.33 Å². The molecular formula is C12H15N5O. The van der Waals surface area contributed by atoms with E-state index in [4.69, 9.17) is 9.83 Å². The zero-order chi connectivity index (χ0) is 12.0. The molecule has 6 heteroatoms. The van der Waals surface area contributed by atoms with E-state index >= 15 is 0 Å². The number of aromatic nitrogens is 2. The summed E-state index contributed by atoms with van der Waals surface area (Å²) in [6, 6.07) is 0. The molecule has 1 aromatic rings. The predicted molar refractivity (Wildman–Crippen MR) is 64.7 cm³/mol. The Hall–Kier alpha value is -1.53. The number of piperidine rings is 3. The molecule has 18 heavy (non-hydrogen) atoms. The van der Waals surface area contributed by atoms with Crippen LogP contribution in [-0.2, 0) is 4.84 Å². The van der Waals surface area contributed by atoms with Crippen molar-refractivity contribution < 1.29 is 4.84 Å². The molecule has 0 aliphatic carbocycles. The number of nitrogens with zero attached hydrogens (tertiary/aromatic N) is 4. The fraction of sp³-hybridized carbons (Fsp3) is 0.583. The lowest BCUT2D eigenvalue weighted by atomic mass is 9.81. The van der Waals surface area contributed by atoms with Gasteiger partial charge in [-0.05, 0) is 25.9 Å². The molecule has 4 aliphatic rings. The maximum Gasteiger partial charge on any atom is 0.202 e. The van der Waals surface area contributed by atoms with Crippen LogP contribution in [0.5, 0.6) is 0 Å². The molecule has 3 fully saturated rings. The third-order valence-corrected chi connectivity index (χ3v) is 4.14. The summed E-state index contributed by atoms with van der Waals surface area (Å²) >= 11 is 0. The molecule has 1 aromatic heterocycles. The second kappa shape index (κ2) is 3.73. The summed E-state index contributed by atoms with van der Waals surface area (Å²) in [7, 11) is 0. The van der Waals surface area contributed by atoms with Crippen molar-refractivity contribution in [3.63, 3.8) is 0 Å². The van der Waals surface area contributed by atoms with Gasteiger partial charge in [-0.25, -0.2) is 25.3 Å². The Morgan fingerprint density at radius 2 is 2.06 bits per heavy atom. The maximum atomic E-state index is 5.83. The second-order valence-electron chi connectivity index (χ2n) is 5.19. The quantitative estimate of drug-likeness (QED) is 0.764. The van der Waals surface area contributed by atoms with Gasteiger partial charge in [-0.3, -0.25) is 4.90 Å². The van der Waals surface area contributed by atoms with Gasteiger partial charge in [0.25, 0.3) is 0 Å². The lowest BCUT2D eigenvalue weighted by Crippen LogP contribution is -2.58. The number of aliphatic imine (C=N–C) groups is 1. The van der Waals surface area contributed by atoms with E-state index in [9.17, 15) is 0 Å². The smallest absolute Gasteiger partial charge is 0.202 e. The van der Waals surface area contributed by atoms with Gasteiger partial charge in [-0.15, -0.1) is 0 Å². The number of hydroxylamine groups is 1. The highest BCUT2D eigenvalue weighted by molar-refractivity contribution is 5.98. The van der Waals surface area contributed by atoms with E-state index in [1.165, 1.54) is 32.3 Å². The van der Waals surface area contributed by atoms with E-state index in [0.29, 0.717) is 5.92 Å². The first-order chi connectivity index (χ1) is 8.86. The van der Waals surface area contributed by atoms with Crippen LogP contribution in [-0.4, -0.2) is 46.1 Å². The van der Waals surface area contributed by atoms with E-state index in [2.05, 4.69) is 20.3 Å². The number of amidine groups is 1. The molecule has 0 saturated carbocycles. The summed E-state index contributed by atoms with van der Waals surface area (Å²) in [5.41, 5.74) is 3.45. The molecule has 4 aliphatic heterocycles. The van der Waals surface area contributed by atoms with Gasteiger partial charge in [-0.2, -0.15) is 0 Å². The minimum absolute atomic E-state index is 0.387. The molecule has 5 rings (SSSR count). The Balaban J connectivity index is 1.67. The molecule has 0 radical (unpaired) electrons. The lowest BCUT2D eigenvalue weighted by Gasteiger charge is -2.47. The van der Waals surface area contributed by atoms with Crippen molar-refractivity contribution in [2.75, 3.05) is 19.6 Å². The summed E-state index contributed by atoms with van der Waals surface area (Å²) in [6.07, 6.45) is 7.36. The topological polar surface area (TPSA) is 62.6 Å². The molecule has 1 unspecified atom stereocenters. The Bertz CT molecular complexity index is 483. The lowest BCUT2D eigenvalue weighted by molar-refractivity contribution is -0.155. The number of rotatable bonds is 1. The fourth-order valence-electron chi connectivity index (χ4n) is 3.15. The van der Waals surface area contributed by atoms with Gasteiger partial charge in [-0.1, -0.05) is 0 Å². The second-order valence-corrected chi connectivity index (χ2v) is 5.19. The Morgan fingerprint density at radius 1 is 1.28 bits per heavy atom. The zero-order valence-electron chi connectivity index (χ0n) is 10.0. The van der Waals surface area contributed by atoms with Gasteiger partial charge in [0, 0.05) is 18.3 Å². The van der Waals surface area contributed by atoms with Crippen molar-refractivity contribution in [3.05, 3.63) is 24.3 Å². The van der Waals surface area contributed by atoms with Crippen molar-refractivity contribution in [2.24, 2.45) is 10.9 Å². The minimum Gasteiger partial charge on any atom is -0.298 e. The number of hydrogen-bond acceptors (Lipinski definition) is 6. The highest BCUT2D eigenvalue weighted by Crippen LogP contribution is 2.40. The van der Waals surface area contributed by atoms with Crippen LogP contribution < -0.4 is 5.48 Å². The van der Waals surface area contributed by atoms with E-state index in [1.807, 2.05) is 0 Å². The summed E-state index contributed by atoms with van der Waals surface area (Å²) in [5.74, 6) is 1.28. The van der Waals surface area contributed by atoms with Crippen LogP contribution in [0.15, 0.2) is 23.7 Å². The molecule has 94 valence electrons. The number of hydrogen-bond donors (Lipinski definition) is 1. The minimum atomic E-state index is -0.387. The predicted octanol–water partition coefficient (Wildman–Crippen LogP) is 0.180. The number of fused-ring (bicyclic) bond motifs is 2. The van der Waals surface area contributed by atoms with Crippen LogP contribution in [0.25, 0.3) is 0 Å². The monoisotopic (exact) mass is 245 g/mol. The van der Waals surface area contributed by atoms with Crippen molar-refractivity contribution in [3.8, 4) is 0 Å². The highest BCUT2D eigenvalue weighted by atomic mass is 16.7. The standard InChI is InChI=1S/C12H15N5O/c1-3-17-4-2-10(1)12(7-17)15-11(16-18-12)9-5-13-8-14-6-9/h5-6,8,10H,1-4,7H2,(H,15,16). The third kappa shape index (κ3) is 1.46. The van der Waals surface area contributed by atoms with Gasteiger partial charge in [0.05, 0.1) is 12.1 Å². The molecule has 1 atom stereocenters. The average molecular weight is 245 g/mol. The first-order valence-electron chi connectivity index (χ1n) is 6.37. The van der Waals surface area contributed by atoms with Crippen LogP contribution in [0.1, 0.15) is 18.4 Å². The van der Waals surface area contributed by atoms with Gasteiger partial charge < -0.3 is 0 Å².